The van der Waals surface area contributed by atoms with Gasteiger partial charge in [-0.15, -0.1) is 0 Å². The summed E-state index contributed by atoms with van der Waals surface area (Å²) in [5, 5.41) is 37.6. The molecule has 60 heavy (non-hydrogen) atoms. The van der Waals surface area contributed by atoms with Crippen LogP contribution in [0.1, 0.15) is 91.5 Å². The highest BCUT2D eigenvalue weighted by atomic mass is 16.5. The molecule has 2 atom stereocenters. The number of benzene rings is 2. The maximum absolute atomic E-state index is 13.3. The van der Waals surface area contributed by atoms with Gasteiger partial charge in [0.1, 0.15) is 38.0 Å². The zero-order chi connectivity index (χ0) is 43.9. The largest absolute Gasteiger partial charge is 0.464 e. The molecule has 1 heterocycles. The molecule has 0 aromatic heterocycles. The second-order valence-corrected chi connectivity index (χ2v) is 14.1. The summed E-state index contributed by atoms with van der Waals surface area (Å²) in [5.74, 6) is -1.78. The molecule has 0 aliphatic carbocycles. The molecule has 1 aliphatic rings. The second kappa shape index (κ2) is 25.7. The Morgan fingerprint density at radius 1 is 0.750 bits per heavy atom. The lowest BCUT2D eigenvalue weighted by molar-refractivity contribution is -0.149. The first kappa shape index (κ1) is 47.8. The van der Waals surface area contributed by atoms with E-state index in [4.69, 9.17) is 14.2 Å². The van der Waals surface area contributed by atoms with Gasteiger partial charge in [-0.1, -0.05) is 71.6 Å². The molecule has 14 heteroatoms. The minimum Gasteiger partial charge on any atom is -0.464 e. The zero-order valence-electron chi connectivity index (χ0n) is 35.3. The van der Waals surface area contributed by atoms with Crippen LogP contribution < -0.4 is 4.90 Å². The lowest BCUT2D eigenvalue weighted by Crippen LogP contribution is -2.33. The maximum Gasteiger partial charge on any atom is 0.308 e. The number of anilines is 1. The standard InChI is InChI=1S/C46H55N7O7/c1-6-10-12-35(8-3)45(56)59-27-24-52(25-28-60-46(57)36(9-4)13-11-7-2)40-21-19-39(20-22-40)51-50-38-17-14-34(15-18-38)16-23-41-42(32-49)43(37(30-47)31-48)53(44(41)55)26-29-58-33(5)54/h14-23,35-36H,6-13,24-29H2,1-5H3/b23-16+,51-50?. The third-order valence-electron chi connectivity index (χ3n) is 9.95. The molecule has 0 fully saturated rings. The molecule has 0 spiro atoms. The van der Waals surface area contributed by atoms with Gasteiger partial charge in [0.25, 0.3) is 5.91 Å². The molecule has 2 unspecified atom stereocenters. The van der Waals surface area contributed by atoms with Gasteiger partial charge in [0.15, 0.2) is 5.57 Å². The fraction of sp³-hybridized carbons (Fsp3) is 0.457. The molecule has 1 aliphatic heterocycles. The number of ether oxygens (including phenoxy) is 3. The van der Waals surface area contributed by atoms with Crippen molar-refractivity contribution >= 4 is 47.0 Å². The van der Waals surface area contributed by atoms with Crippen molar-refractivity contribution in [2.75, 3.05) is 44.4 Å². The number of hydrogen-bond acceptors (Lipinski definition) is 13. The van der Waals surface area contributed by atoms with Crippen LogP contribution in [0.3, 0.4) is 0 Å². The van der Waals surface area contributed by atoms with E-state index in [1.807, 2.05) is 49.1 Å². The third kappa shape index (κ3) is 14.4. The van der Waals surface area contributed by atoms with Crippen molar-refractivity contribution in [1.29, 1.82) is 15.8 Å². The molecule has 0 radical (unpaired) electrons. The first-order chi connectivity index (χ1) is 29.0. The first-order valence-corrected chi connectivity index (χ1v) is 20.6. The van der Waals surface area contributed by atoms with E-state index in [2.05, 4.69) is 24.1 Å². The summed E-state index contributed by atoms with van der Waals surface area (Å²) in [6, 6.07) is 19.8. The highest BCUT2D eigenvalue weighted by Crippen LogP contribution is 2.33. The van der Waals surface area contributed by atoms with Crippen molar-refractivity contribution < 1.29 is 33.4 Å². The molecule has 0 saturated heterocycles. The van der Waals surface area contributed by atoms with Crippen molar-refractivity contribution in [2.45, 2.75) is 86.0 Å². The normalized spacial score (nSPS) is 13.5. The summed E-state index contributed by atoms with van der Waals surface area (Å²) in [5.41, 5.74) is 2.00. The van der Waals surface area contributed by atoms with Crippen LogP contribution in [0.25, 0.3) is 6.08 Å². The number of nitriles is 3. The number of unbranched alkanes of at least 4 members (excludes halogenated alkanes) is 2. The maximum atomic E-state index is 13.3. The summed E-state index contributed by atoms with van der Waals surface area (Å²) in [4.78, 5) is 53.3. The Hall–Kier alpha value is -6.59. The van der Waals surface area contributed by atoms with Crippen molar-refractivity contribution in [2.24, 2.45) is 22.1 Å². The van der Waals surface area contributed by atoms with Crippen LogP contribution >= 0.6 is 0 Å². The van der Waals surface area contributed by atoms with Gasteiger partial charge >= 0.3 is 17.9 Å². The summed E-state index contributed by atoms with van der Waals surface area (Å²) in [6.45, 7) is 10.3. The van der Waals surface area contributed by atoms with Crippen LogP contribution in [0, 0.1) is 45.8 Å². The molecule has 14 nitrogen and oxygen atoms in total. The number of hydrogen-bond donors (Lipinski definition) is 0. The number of nitrogens with zero attached hydrogens (tertiary/aromatic N) is 7. The second-order valence-electron chi connectivity index (χ2n) is 14.1. The van der Waals surface area contributed by atoms with E-state index in [0.717, 1.165) is 62.0 Å². The van der Waals surface area contributed by atoms with Crippen molar-refractivity contribution in [3.63, 3.8) is 0 Å². The first-order valence-electron chi connectivity index (χ1n) is 20.6. The van der Waals surface area contributed by atoms with E-state index in [0.29, 0.717) is 30.0 Å². The number of azo groups is 1. The Morgan fingerprint density at radius 3 is 1.72 bits per heavy atom. The molecule has 0 saturated carbocycles. The lowest BCUT2D eigenvalue weighted by atomic mass is 10.00. The number of esters is 3. The Morgan fingerprint density at radius 2 is 1.27 bits per heavy atom. The molecule has 2 aromatic rings. The van der Waals surface area contributed by atoms with Crippen LogP contribution in [-0.4, -0.2) is 68.2 Å². The van der Waals surface area contributed by atoms with E-state index in [-0.39, 0.29) is 67.0 Å². The number of amides is 1. The number of rotatable bonds is 24. The van der Waals surface area contributed by atoms with Gasteiger partial charge in [0, 0.05) is 12.6 Å². The Kier molecular flexibility index (Phi) is 20.5. The lowest BCUT2D eigenvalue weighted by Gasteiger charge is -2.25. The summed E-state index contributed by atoms with van der Waals surface area (Å²) < 4.78 is 16.3. The van der Waals surface area contributed by atoms with Gasteiger partial charge in [0.05, 0.1) is 59.7 Å². The van der Waals surface area contributed by atoms with Crippen LogP contribution in [0.2, 0.25) is 0 Å². The van der Waals surface area contributed by atoms with Gasteiger partial charge in [-0.25, -0.2) is 0 Å². The Bertz CT molecular complexity index is 1980. The van der Waals surface area contributed by atoms with Crippen LogP contribution in [-0.2, 0) is 33.4 Å². The molecule has 2 aromatic carbocycles. The quantitative estimate of drug-likeness (QED) is 0.0424. The molecule has 316 valence electrons. The number of carbonyl (C=O) groups excluding carboxylic acids is 4. The number of allylic oxidation sites excluding steroid dienone is 2. The van der Waals surface area contributed by atoms with Crippen LogP contribution in [0.15, 0.2) is 87.3 Å². The van der Waals surface area contributed by atoms with Gasteiger partial charge in [-0.3, -0.25) is 19.2 Å². The molecule has 1 amide bonds. The van der Waals surface area contributed by atoms with E-state index >= 15 is 0 Å². The fourth-order valence-electron chi connectivity index (χ4n) is 6.44. The predicted octanol–water partition coefficient (Wildman–Crippen LogP) is 8.97. The van der Waals surface area contributed by atoms with Gasteiger partial charge in [-0.05, 0) is 73.7 Å². The molecular formula is C46H55N7O7. The number of carbonyl (C=O) groups is 4. The predicted molar refractivity (Wildman–Crippen MR) is 226 cm³/mol. The van der Waals surface area contributed by atoms with Crippen molar-refractivity contribution in [3.8, 4) is 18.2 Å². The molecule has 0 bridgehead atoms. The Labute approximate surface area is 353 Å². The van der Waals surface area contributed by atoms with Crippen LogP contribution in [0.4, 0.5) is 17.1 Å². The average molecular weight is 818 g/mol. The highest BCUT2D eigenvalue weighted by Gasteiger charge is 2.36. The minimum absolute atomic E-state index is 0.00814. The SMILES string of the molecule is CCCCC(CC)C(=O)OCCN(CCOC(=O)C(CC)CCCC)c1ccc(N=Nc2ccc(/C=C/C3=C(C#N)C(=C(C#N)C#N)N(CCOC(C)=O)C3=O)cc2)cc1. The third-order valence-corrected chi connectivity index (χ3v) is 9.95. The molecule has 3 rings (SSSR count). The molecular weight excluding hydrogens is 763 g/mol. The average Bonchev–Trinajstić information content (AvgIpc) is 3.52. The van der Waals surface area contributed by atoms with Crippen molar-refractivity contribution in [3.05, 3.63) is 82.6 Å². The summed E-state index contributed by atoms with van der Waals surface area (Å²) in [6.07, 6.45) is 10.1. The van der Waals surface area contributed by atoms with Gasteiger partial charge in [0.2, 0.25) is 0 Å². The monoisotopic (exact) mass is 817 g/mol. The van der Waals surface area contributed by atoms with E-state index in [9.17, 15) is 35.0 Å². The smallest absolute Gasteiger partial charge is 0.308 e. The van der Waals surface area contributed by atoms with Crippen LogP contribution in [0.5, 0.6) is 0 Å². The highest BCUT2D eigenvalue weighted by molar-refractivity contribution is 6.05. The van der Waals surface area contributed by atoms with Gasteiger partial charge in [-0.2, -0.15) is 26.0 Å². The summed E-state index contributed by atoms with van der Waals surface area (Å²) >= 11 is 0. The van der Waals surface area contributed by atoms with E-state index in [1.54, 1.807) is 42.5 Å². The van der Waals surface area contributed by atoms with E-state index < -0.39 is 17.4 Å². The van der Waals surface area contributed by atoms with E-state index in [1.165, 1.54) is 13.0 Å². The Balaban J connectivity index is 1.73. The minimum atomic E-state index is -0.606. The summed E-state index contributed by atoms with van der Waals surface area (Å²) in [7, 11) is 0. The topological polar surface area (TPSA) is 199 Å². The fourth-order valence-corrected chi connectivity index (χ4v) is 6.44. The van der Waals surface area contributed by atoms with Crippen molar-refractivity contribution in [1.82, 2.24) is 4.90 Å². The van der Waals surface area contributed by atoms with Gasteiger partial charge < -0.3 is 24.0 Å². The molecule has 0 N–H and O–H groups in total. The zero-order valence-corrected chi connectivity index (χ0v) is 35.3.